The van der Waals surface area contributed by atoms with Crippen molar-refractivity contribution in [1.29, 1.82) is 0 Å². The number of fused-ring (bicyclic) bond motifs is 1. The van der Waals surface area contributed by atoms with Gasteiger partial charge in [-0.1, -0.05) is 26.0 Å². The monoisotopic (exact) mass is 409 g/mol. The SMILES string of the molecule is CC(C)c1cc(C(=O)N2CCc3cccc(NC4CCNCC4)c3C2)c(O)cc1O. The molecule has 0 aliphatic carbocycles. The lowest BCUT2D eigenvalue weighted by Gasteiger charge is -2.32. The maximum Gasteiger partial charge on any atom is 0.257 e. The first-order valence-electron chi connectivity index (χ1n) is 10.9. The molecule has 0 aromatic heterocycles. The van der Waals surface area contributed by atoms with Crippen LogP contribution in [0.3, 0.4) is 0 Å². The van der Waals surface area contributed by atoms with E-state index in [0.717, 1.165) is 43.6 Å². The van der Waals surface area contributed by atoms with E-state index in [9.17, 15) is 15.0 Å². The number of phenolic OH excluding ortho intramolecular Hbond substituents is 2. The van der Waals surface area contributed by atoms with Crippen LogP contribution in [-0.2, 0) is 13.0 Å². The molecule has 30 heavy (non-hydrogen) atoms. The van der Waals surface area contributed by atoms with Crippen LogP contribution in [0.15, 0.2) is 30.3 Å². The molecular weight excluding hydrogens is 378 g/mol. The number of phenols is 2. The number of carbonyl (C=O) groups excluding carboxylic acids is 1. The van der Waals surface area contributed by atoms with Crippen molar-refractivity contribution in [3.63, 3.8) is 0 Å². The minimum absolute atomic E-state index is 0.0245. The molecule has 2 aromatic carbocycles. The minimum atomic E-state index is -0.197. The average Bonchev–Trinajstić information content (AvgIpc) is 2.74. The molecule has 4 N–H and O–H groups in total. The van der Waals surface area contributed by atoms with Gasteiger partial charge in [-0.15, -0.1) is 0 Å². The molecule has 6 heteroatoms. The van der Waals surface area contributed by atoms with Crippen LogP contribution in [-0.4, -0.2) is 46.7 Å². The molecular formula is C24H31N3O3. The topological polar surface area (TPSA) is 84.8 Å². The third kappa shape index (κ3) is 4.10. The van der Waals surface area contributed by atoms with Crippen molar-refractivity contribution in [3.8, 4) is 11.5 Å². The summed E-state index contributed by atoms with van der Waals surface area (Å²) < 4.78 is 0. The summed E-state index contributed by atoms with van der Waals surface area (Å²) in [5.74, 6) is -0.290. The third-order valence-electron chi connectivity index (χ3n) is 6.26. The van der Waals surface area contributed by atoms with Crippen LogP contribution < -0.4 is 10.6 Å². The van der Waals surface area contributed by atoms with Crippen LogP contribution >= 0.6 is 0 Å². The number of benzene rings is 2. The van der Waals surface area contributed by atoms with Crippen LogP contribution in [0.2, 0.25) is 0 Å². The number of carbonyl (C=O) groups is 1. The molecule has 2 aliphatic heterocycles. The van der Waals surface area contributed by atoms with Crippen molar-refractivity contribution in [2.45, 2.75) is 51.6 Å². The first-order chi connectivity index (χ1) is 14.4. The van der Waals surface area contributed by atoms with Crippen molar-refractivity contribution in [3.05, 3.63) is 52.6 Å². The predicted molar refractivity (Wildman–Crippen MR) is 118 cm³/mol. The first kappa shape index (κ1) is 20.5. The second-order valence-electron chi connectivity index (χ2n) is 8.67. The van der Waals surface area contributed by atoms with Gasteiger partial charge in [-0.05, 0) is 67.1 Å². The van der Waals surface area contributed by atoms with Crippen LogP contribution in [0.5, 0.6) is 11.5 Å². The number of nitrogens with zero attached hydrogens (tertiary/aromatic N) is 1. The quantitative estimate of drug-likeness (QED) is 0.620. The molecule has 0 spiro atoms. The number of hydrogen-bond donors (Lipinski definition) is 4. The maximum absolute atomic E-state index is 13.3. The van der Waals surface area contributed by atoms with Crippen LogP contribution in [0.4, 0.5) is 5.69 Å². The van der Waals surface area contributed by atoms with E-state index < -0.39 is 0 Å². The Labute approximate surface area is 177 Å². The maximum atomic E-state index is 13.3. The fourth-order valence-corrected chi connectivity index (χ4v) is 4.47. The van der Waals surface area contributed by atoms with Crippen molar-refractivity contribution in [2.75, 3.05) is 25.0 Å². The van der Waals surface area contributed by atoms with E-state index in [1.807, 2.05) is 13.8 Å². The summed E-state index contributed by atoms with van der Waals surface area (Å²) in [6, 6.07) is 9.68. The van der Waals surface area contributed by atoms with Gasteiger partial charge in [0.15, 0.2) is 0 Å². The van der Waals surface area contributed by atoms with E-state index in [2.05, 4.69) is 28.8 Å². The van der Waals surface area contributed by atoms with Gasteiger partial charge in [-0.2, -0.15) is 0 Å². The van der Waals surface area contributed by atoms with Crippen LogP contribution in [0, 0.1) is 0 Å². The minimum Gasteiger partial charge on any atom is -0.508 e. The largest absolute Gasteiger partial charge is 0.508 e. The zero-order valence-electron chi connectivity index (χ0n) is 17.7. The second-order valence-corrected chi connectivity index (χ2v) is 8.67. The van der Waals surface area contributed by atoms with Gasteiger partial charge in [0.25, 0.3) is 5.91 Å². The first-order valence-corrected chi connectivity index (χ1v) is 10.9. The van der Waals surface area contributed by atoms with Crippen molar-refractivity contribution in [1.82, 2.24) is 10.2 Å². The molecule has 1 fully saturated rings. The van der Waals surface area contributed by atoms with E-state index in [1.165, 1.54) is 11.6 Å². The Balaban J connectivity index is 1.58. The van der Waals surface area contributed by atoms with E-state index in [1.54, 1.807) is 11.0 Å². The molecule has 2 aromatic rings. The summed E-state index contributed by atoms with van der Waals surface area (Å²) in [6.07, 6.45) is 2.97. The molecule has 1 amide bonds. The lowest BCUT2D eigenvalue weighted by Crippen LogP contribution is -2.38. The number of hydrogen-bond acceptors (Lipinski definition) is 5. The average molecular weight is 410 g/mol. The highest BCUT2D eigenvalue weighted by Crippen LogP contribution is 2.34. The Bertz CT molecular complexity index is 936. The summed E-state index contributed by atoms with van der Waals surface area (Å²) in [6.45, 7) is 7.08. The molecule has 6 nitrogen and oxygen atoms in total. The Morgan fingerprint density at radius 2 is 1.93 bits per heavy atom. The predicted octanol–water partition coefficient (Wildman–Crippen LogP) is 3.58. The molecule has 160 valence electrons. The van der Waals surface area contributed by atoms with E-state index in [4.69, 9.17) is 0 Å². The third-order valence-corrected chi connectivity index (χ3v) is 6.26. The van der Waals surface area contributed by atoms with Gasteiger partial charge in [-0.3, -0.25) is 4.79 Å². The lowest BCUT2D eigenvalue weighted by atomic mass is 9.95. The number of rotatable bonds is 4. The number of nitrogens with one attached hydrogen (secondary N) is 2. The Morgan fingerprint density at radius 3 is 2.67 bits per heavy atom. The normalized spacial score (nSPS) is 17.1. The van der Waals surface area contributed by atoms with Gasteiger partial charge < -0.3 is 25.7 Å². The number of piperidine rings is 1. The summed E-state index contributed by atoms with van der Waals surface area (Å²) in [5, 5.41) is 27.5. The Morgan fingerprint density at radius 1 is 1.17 bits per heavy atom. The van der Waals surface area contributed by atoms with Gasteiger partial charge in [-0.25, -0.2) is 0 Å². The molecule has 4 rings (SSSR count). The highest BCUT2D eigenvalue weighted by molar-refractivity contribution is 5.97. The molecule has 0 radical (unpaired) electrons. The molecule has 0 unspecified atom stereocenters. The molecule has 0 bridgehead atoms. The highest BCUT2D eigenvalue weighted by Gasteiger charge is 2.27. The molecule has 1 saturated heterocycles. The lowest BCUT2D eigenvalue weighted by molar-refractivity contribution is 0.0732. The van der Waals surface area contributed by atoms with Gasteiger partial charge in [0.2, 0.25) is 0 Å². The van der Waals surface area contributed by atoms with Crippen molar-refractivity contribution >= 4 is 11.6 Å². The van der Waals surface area contributed by atoms with Gasteiger partial charge in [0, 0.05) is 30.9 Å². The molecule has 0 saturated carbocycles. The molecule has 2 aliphatic rings. The second kappa shape index (κ2) is 8.56. The summed E-state index contributed by atoms with van der Waals surface area (Å²) >= 11 is 0. The van der Waals surface area contributed by atoms with E-state index in [-0.39, 0.29) is 28.9 Å². The highest BCUT2D eigenvalue weighted by atomic mass is 16.3. The van der Waals surface area contributed by atoms with Gasteiger partial charge in [0.05, 0.1) is 5.56 Å². The van der Waals surface area contributed by atoms with Crippen LogP contribution in [0.25, 0.3) is 0 Å². The summed E-state index contributed by atoms with van der Waals surface area (Å²) in [4.78, 5) is 15.1. The number of aromatic hydroxyl groups is 2. The van der Waals surface area contributed by atoms with E-state index >= 15 is 0 Å². The fraction of sp³-hybridized carbons (Fsp3) is 0.458. The van der Waals surface area contributed by atoms with Crippen molar-refractivity contribution < 1.29 is 15.0 Å². The Hall–Kier alpha value is -2.73. The molecule has 2 heterocycles. The van der Waals surface area contributed by atoms with Crippen molar-refractivity contribution in [2.24, 2.45) is 0 Å². The number of amides is 1. The van der Waals surface area contributed by atoms with E-state index in [0.29, 0.717) is 24.7 Å². The standard InChI is InChI=1S/C24H31N3O3/c1-15(2)18-12-19(23(29)13-22(18)28)24(30)27-11-8-16-4-3-5-21(20(16)14-27)26-17-6-9-25-10-7-17/h3-5,12-13,15,17,25-26,28-29H,6-11,14H2,1-2H3. The fourth-order valence-electron chi connectivity index (χ4n) is 4.47. The van der Waals surface area contributed by atoms with Gasteiger partial charge in [0.1, 0.15) is 11.5 Å². The number of anilines is 1. The zero-order valence-corrected chi connectivity index (χ0v) is 17.7. The zero-order chi connectivity index (χ0) is 21.3. The van der Waals surface area contributed by atoms with Gasteiger partial charge >= 0.3 is 0 Å². The Kier molecular flexibility index (Phi) is 5.86. The summed E-state index contributed by atoms with van der Waals surface area (Å²) in [5.41, 5.74) is 4.47. The molecule has 0 atom stereocenters. The summed E-state index contributed by atoms with van der Waals surface area (Å²) in [7, 11) is 0. The smallest absolute Gasteiger partial charge is 0.257 e. The van der Waals surface area contributed by atoms with Crippen LogP contribution in [0.1, 0.15) is 59.7 Å².